The van der Waals surface area contributed by atoms with Gasteiger partial charge in [0.15, 0.2) is 11.5 Å². The number of aromatic nitrogens is 2. The second-order valence-corrected chi connectivity index (χ2v) is 8.06. The standard InChI is InChI=1S/C22H23N3O3S/c1-14-6-4-7-15(10-14)12-28-20-16(8-5-9-18(20)27-3)21-17-11-23-25(2)22(17)24-19(26)13-29-21/h4-11,21H,12-13H2,1-3H3,(H,24,26)/t21-/m1/s1. The maximum Gasteiger partial charge on any atom is 0.235 e. The highest BCUT2D eigenvalue weighted by molar-refractivity contribution is 8.00. The third kappa shape index (κ3) is 3.96. The summed E-state index contributed by atoms with van der Waals surface area (Å²) < 4.78 is 13.6. The van der Waals surface area contributed by atoms with Crippen LogP contribution in [-0.2, 0) is 18.4 Å². The average molecular weight is 410 g/mol. The molecule has 1 aliphatic rings. The predicted molar refractivity (Wildman–Crippen MR) is 115 cm³/mol. The van der Waals surface area contributed by atoms with Gasteiger partial charge in [0.1, 0.15) is 12.4 Å². The van der Waals surface area contributed by atoms with Crippen molar-refractivity contribution in [2.24, 2.45) is 7.05 Å². The number of hydrogen-bond acceptors (Lipinski definition) is 5. The van der Waals surface area contributed by atoms with Gasteiger partial charge >= 0.3 is 0 Å². The number of anilines is 1. The van der Waals surface area contributed by atoms with Crippen molar-refractivity contribution in [3.05, 3.63) is 70.9 Å². The molecule has 0 saturated carbocycles. The van der Waals surface area contributed by atoms with Crippen LogP contribution in [0.3, 0.4) is 0 Å². The number of methoxy groups -OCH3 is 1. The van der Waals surface area contributed by atoms with Gasteiger partial charge in [-0.1, -0.05) is 42.0 Å². The molecular formula is C22H23N3O3S. The Morgan fingerprint density at radius 3 is 2.86 bits per heavy atom. The maximum atomic E-state index is 12.2. The van der Waals surface area contributed by atoms with Gasteiger partial charge in [0.2, 0.25) is 5.91 Å². The number of aryl methyl sites for hydroxylation is 2. The molecule has 2 heterocycles. The van der Waals surface area contributed by atoms with Crippen molar-refractivity contribution in [2.45, 2.75) is 18.8 Å². The third-order valence-corrected chi connectivity index (χ3v) is 6.14. The fraction of sp³-hybridized carbons (Fsp3) is 0.273. The Morgan fingerprint density at radius 1 is 1.24 bits per heavy atom. The van der Waals surface area contributed by atoms with E-state index in [-0.39, 0.29) is 11.2 Å². The van der Waals surface area contributed by atoms with Crippen LogP contribution < -0.4 is 14.8 Å². The lowest BCUT2D eigenvalue weighted by Crippen LogP contribution is -2.15. The summed E-state index contributed by atoms with van der Waals surface area (Å²) in [5.41, 5.74) is 4.20. The second-order valence-electron chi connectivity index (χ2n) is 6.97. The molecule has 1 amide bonds. The van der Waals surface area contributed by atoms with Crippen molar-refractivity contribution in [1.82, 2.24) is 9.78 Å². The van der Waals surface area contributed by atoms with Gasteiger partial charge in [-0.2, -0.15) is 5.10 Å². The number of carbonyl (C=O) groups is 1. The van der Waals surface area contributed by atoms with Gasteiger partial charge in [0.05, 0.1) is 24.3 Å². The first kappa shape index (κ1) is 19.4. The topological polar surface area (TPSA) is 65.4 Å². The molecule has 6 nitrogen and oxygen atoms in total. The average Bonchev–Trinajstić information content (AvgIpc) is 2.97. The molecule has 2 aromatic carbocycles. The molecule has 1 N–H and O–H groups in total. The van der Waals surface area contributed by atoms with Gasteiger partial charge in [-0.05, 0) is 18.6 Å². The predicted octanol–water partition coefficient (Wildman–Crippen LogP) is 4.09. The molecule has 0 fully saturated rings. The minimum absolute atomic E-state index is 0.0347. The fourth-order valence-corrected chi connectivity index (χ4v) is 4.59. The van der Waals surface area contributed by atoms with Crippen LogP contribution in [0.2, 0.25) is 0 Å². The molecule has 0 saturated heterocycles. The van der Waals surface area contributed by atoms with Crippen LogP contribution in [0.15, 0.2) is 48.7 Å². The van der Waals surface area contributed by atoms with E-state index in [0.29, 0.717) is 23.9 Å². The first-order valence-electron chi connectivity index (χ1n) is 9.35. The van der Waals surface area contributed by atoms with Gasteiger partial charge in [-0.15, -0.1) is 11.8 Å². The van der Waals surface area contributed by atoms with Crippen LogP contribution in [0.4, 0.5) is 5.82 Å². The Morgan fingerprint density at radius 2 is 2.07 bits per heavy atom. The Labute approximate surface area is 174 Å². The maximum absolute atomic E-state index is 12.2. The number of thioether (sulfide) groups is 1. The molecule has 1 aliphatic heterocycles. The van der Waals surface area contributed by atoms with Crippen LogP contribution in [0.25, 0.3) is 0 Å². The van der Waals surface area contributed by atoms with Crippen LogP contribution in [0.1, 0.15) is 27.5 Å². The van der Waals surface area contributed by atoms with Gasteiger partial charge in [-0.25, -0.2) is 0 Å². The van der Waals surface area contributed by atoms with E-state index in [1.54, 1.807) is 23.6 Å². The van der Waals surface area contributed by atoms with Gasteiger partial charge in [0.25, 0.3) is 0 Å². The summed E-state index contributed by atoms with van der Waals surface area (Å²) >= 11 is 1.56. The zero-order chi connectivity index (χ0) is 20.4. The summed E-state index contributed by atoms with van der Waals surface area (Å²) in [5.74, 6) is 2.40. The number of rotatable bonds is 5. The van der Waals surface area contributed by atoms with Gasteiger partial charge in [-0.3, -0.25) is 9.48 Å². The number of nitrogens with one attached hydrogen (secondary N) is 1. The molecule has 1 aromatic heterocycles. The lowest BCUT2D eigenvalue weighted by atomic mass is 10.0. The van der Waals surface area contributed by atoms with Crippen molar-refractivity contribution in [3.8, 4) is 11.5 Å². The summed E-state index contributed by atoms with van der Waals surface area (Å²) in [4.78, 5) is 12.2. The van der Waals surface area contributed by atoms with E-state index in [1.165, 1.54) is 5.56 Å². The molecule has 0 bridgehead atoms. The lowest BCUT2D eigenvalue weighted by molar-refractivity contribution is -0.113. The molecule has 3 aromatic rings. The van der Waals surface area contributed by atoms with Crippen LogP contribution in [0, 0.1) is 6.92 Å². The zero-order valence-electron chi connectivity index (χ0n) is 16.6. The normalized spacial score (nSPS) is 16.0. The SMILES string of the molecule is COc1cccc([C@H]2SCC(=O)Nc3c2cnn3C)c1OCc1cccc(C)c1. The molecule has 0 spiro atoms. The van der Waals surface area contributed by atoms with E-state index in [0.717, 1.165) is 22.5 Å². The van der Waals surface area contributed by atoms with Crippen LogP contribution in [-0.4, -0.2) is 28.6 Å². The summed E-state index contributed by atoms with van der Waals surface area (Å²) in [6.07, 6.45) is 1.81. The molecule has 7 heteroatoms. The molecule has 1 atom stereocenters. The van der Waals surface area contributed by atoms with Crippen molar-refractivity contribution >= 4 is 23.5 Å². The molecule has 29 heavy (non-hydrogen) atoms. The minimum Gasteiger partial charge on any atom is -0.493 e. The molecule has 150 valence electrons. The highest BCUT2D eigenvalue weighted by Crippen LogP contribution is 2.47. The second kappa shape index (κ2) is 8.21. The molecular weight excluding hydrogens is 386 g/mol. The van der Waals surface area contributed by atoms with Crippen molar-refractivity contribution in [3.63, 3.8) is 0 Å². The van der Waals surface area contributed by atoms with E-state index < -0.39 is 0 Å². The first-order valence-corrected chi connectivity index (χ1v) is 10.4. The lowest BCUT2D eigenvalue weighted by Gasteiger charge is -2.20. The Kier molecular flexibility index (Phi) is 5.49. The number of carbonyl (C=O) groups excluding carboxylic acids is 1. The number of hydrogen-bond donors (Lipinski definition) is 1. The summed E-state index contributed by atoms with van der Waals surface area (Å²) in [6, 6.07) is 14.1. The summed E-state index contributed by atoms with van der Waals surface area (Å²) in [5, 5.41) is 7.20. The Hall–Kier alpha value is -2.93. The molecule has 0 radical (unpaired) electrons. The number of benzene rings is 2. The van der Waals surface area contributed by atoms with E-state index in [9.17, 15) is 4.79 Å². The number of amides is 1. The van der Waals surface area contributed by atoms with Crippen molar-refractivity contribution in [2.75, 3.05) is 18.2 Å². The fourth-order valence-electron chi connectivity index (χ4n) is 3.49. The number of nitrogens with zero attached hydrogens (tertiary/aromatic N) is 2. The summed E-state index contributed by atoms with van der Waals surface area (Å²) in [7, 11) is 3.46. The largest absolute Gasteiger partial charge is 0.493 e. The number of fused-ring (bicyclic) bond motifs is 1. The minimum atomic E-state index is -0.0970. The highest BCUT2D eigenvalue weighted by atomic mass is 32.2. The van der Waals surface area contributed by atoms with E-state index in [4.69, 9.17) is 9.47 Å². The Bertz CT molecular complexity index is 1050. The Balaban J connectivity index is 1.73. The zero-order valence-corrected chi connectivity index (χ0v) is 17.5. The van der Waals surface area contributed by atoms with Gasteiger partial charge < -0.3 is 14.8 Å². The highest BCUT2D eigenvalue weighted by Gasteiger charge is 2.30. The van der Waals surface area contributed by atoms with E-state index >= 15 is 0 Å². The summed E-state index contributed by atoms with van der Waals surface area (Å²) in [6.45, 7) is 2.50. The van der Waals surface area contributed by atoms with Crippen molar-refractivity contribution < 1.29 is 14.3 Å². The van der Waals surface area contributed by atoms with Crippen LogP contribution in [0.5, 0.6) is 11.5 Å². The number of ether oxygens (including phenoxy) is 2. The molecule has 0 aliphatic carbocycles. The van der Waals surface area contributed by atoms with Crippen LogP contribution >= 0.6 is 11.8 Å². The van der Waals surface area contributed by atoms with E-state index in [1.807, 2.05) is 43.6 Å². The monoisotopic (exact) mass is 409 g/mol. The number of para-hydroxylation sites is 1. The van der Waals surface area contributed by atoms with Gasteiger partial charge in [0, 0.05) is 18.2 Å². The van der Waals surface area contributed by atoms with Crippen molar-refractivity contribution in [1.29, 1.82) is 0 Å². The first-order chi connectivity index (χ1) is 14.1. The third-order valence-electron chi connectivity index (χ3n) is 4.87. The molecule has 4 rings (SSSR count). The molecule has 0 unspecified atom stereocenters. The van der Waals surface area contributed by atoms with E-state index in [2.05, 4.69) is 29.5 Å². The quantitative estimate of drug-likeness (QED) is 0.688. The smallest absolute Gasteiger partial charge is 0.235 e.